The smallest absolute Gasteiger partial charge is 0.334 e. The first-order valence-electron chi connectivity index (χ1n) is 6.51. The predicted molar refractivity (Wildman–Crippen MR) is 78.2 cm³/mol. The molecule has 0 radical (unpaired) electrons. The summed E-state index contributed by atoms with van der Waals surface area (Å²) in [6.45, 7) is 0. The molecule has 0 aliphatic carbocycles. The van der Waals surface area contributed by atoms with Crippen molar-refractivity contribution in [3.63, 3.8) is 0 Å². The molecule has 1 aliphatic heterocycles. The molecule has 0 spiro atoms. The predicted octanol–water partition coefficient (Wildman–Crippen LogP) is 2.56. The van der Waals surface area contributed by atoms with Crippen LogP contribution in [0.15, 0.2) is 36.1 Å². The van der Waals surface area contributed by atoms with E-state index in [1.165, 1.54) is 6.08 Å². The Morgan fingerprint density at radius 2 is 1.90 bits per heavy atom. The average Bonchev–Trinajstić information content (AvgIpc) is 2.52. The lowest BCUT2D eigenvalue weighted by Gasteiger charge is -2.19. The third kappa shape index (κ3) is 3.78. The molecule has 1 aromatic rings. The van der Waals surface area contributed by atoms with E-state index in [0.717, 1.165) is 5.56 Å². The molecule has 0 saturated heterocycles. The highest BCUT2D eigenvalue weighted by Crippen LogP contribution is 2.28. The van der Waals surface area contributed by atoms with Gasteiger partial charge in [0.15, 0.2) is 11.5 Å². The maximum absolute atomic E-state index is 11.4. The third-order valence-electron chi connectivity index (χ3n) is 3.12. The number of carbonyl (C=O) groups excluding carboxylic acids is 1. The van der Waals surface area contributed by atoms with Gasteiger partial charge in [-0.25, -0.2) is 4.79 Å². The second-order valence-electron chi connectivity index (χ2n) is 4.47. The Bertz CT molecular complexity index is 574. The van der Waals surface area contributed by atoms with Gasteiger partial charge < -0.3 is 18.9 Å². The molecule has 1 heterocycles. The van der Waals surface area contributed by atoms with Gasteiger partial charge in [-0.15, -0.1) is 0 Å². The number of rotatable bonds is 5. The molecule has 0 amide bonds. The maximum atomic E-state index is 11.4. The zero-order valence-electron chi connectivity index (χ0n) is 12.3. The fourth-order valence-corrected chi connectivity index (χ4v) is 2.04. The van der Waals surface area contributed by atoms with E-state index in [0.29, 0.717) is 23.7 Å². The number of esters is 1. The zero-order chi connectivity index (χ0) is 15.2. The van der Waals surface area contributed by atoms with Gasteiger partial charge in [0.1, 0.15) is 11.9 Å². The van der Waals surface area contributed by atoms with Crippen molar-refractivity contribution in [2.75, 3.05) is 21.3 Å². The van der Waals surface area contributed by atoms with Crippen LogP contribution in [0.25, 0.3) is 6.08 Å². The second kappa shape index (κ2) is 6.83. The van der Waals surface area contributed by atoms with Gasteiger partial charge >= 0.3 is 5.97 Å². The van der Waals surface area contributed by atoms with E-state index in [2.05, 4.69) is 0 Å². The van der Waals surface area contributed by atoms with Crippen LogP contribution < -0.4 is 9.47 Å². The lowest BCUT2D eigenvalue weighted by atomic mass is 10.1. The molecule has 1 aromatic carbocycles. The van der Waals surface area contributed by atoms with Gasteiger partial charge in [-0.2, -0.15) is 0 Å². The summed E-state index contributed by atoms with van der Waals surface area (Å²) in [6, 6.07) is 5.58. The molecule has 0 fully saturated rings. The topological polar surface area (TPSA) is 54.0 Å². The van der Waals surface area contributed by atoms with E-state index in [1.807, 2.05) is 30.4 Å². The largest absolute Gasteiger partial charge is 0.501 e. The molecule has 2 rings (SSSR count). The summed E-state index contributed by atoms with van der Waals surface area (Å²) in [4.78, 5) is 11.4. The summed E-state index contributed by atoms with van der Waals surface area (Å²) >= 11 is 0. The monoisotopic (exact) mass is 290 g/mol. The first kappa shape index (κ1) is 15.0. The molecular formula is C16H18O5. The summed E-state index contributed by atoms with van der Waals surface area (Å²) in [7, 11) is 4.72. The van der Waals surface area contributed by atoms with E-state index in [9.17, 15) is 4.79 Å². The SMILES string of the molecule is COC1=CC(=O)O[C@@H](/C=C/c2ccc(OC)c(OC)c2)C1. The van der Waals surface area contributed by atoms with Gasteiger partial charge in [-0.05, 0) is 23.8 Å². The molecule has 1 aliphatic rings. The minimum absolute atomic E-state index is 0.328. The van der Waals surface area contributed by atoms with Gasteiger partial charge in [0.05, 0.1) is 27.4 Å². The van der Waals surface area contributed by atoms with Crippen LogP contribution in [-0.2, 0) is 14.3 Å². The minimum atomic E-state index is -0.389. The molecule has 5 heteroatoms. The summed E-state index contributed by atoms with van der Waals surface area (Å²) in [5.74, 6) is 1.55. The fourth-order valence-electron chi connectivity index (χ4n) is 2.04. The van der Waals surface area contributed by atoms with E-state index >= 15 is 0 Å². The van der Waals surface area contributed by atoms with E-state index in [-0.39, 0.29) is 12.1 Å². The van der Waals surface area contributed by atoms with Crippen molar-refractivity contribution in [3.8, 4) is 11.5 Å². The van der Waals surface area contributed by atoms with E-state index in [1.54, 1.807) is 21.3 Å². The summed E-state index contributed by atoms with van der Waals surface area (Å²) in [6.07, 6.45) is 5.27. The highest BCUT2D eigenvalue weighted by Gasteiger charge is 2.19. The number of carbonyl (C=O) groups is 1. The highest BCUT2D eigenvalue weighted by molar-refractivity contribution is 5.83. The van der Waals surface area contributed by atoms with Gasteiger partial charge in [0.2, 0.25) is 0 Å². The Balaban J connectivity index is 2.11. The third-order valence-corrected chi connectivity index (χ3v) is 3.12. The van der Waals surface area contributed by atoms with Crippen LogP contribution in [-0.4, -0.2) is 33.4 Å². The van der Waals surface area contributed by atoms with Crippen LogP contribution in [0.5, 0.6) is 11.5 Å². The van der Waals surface area contributed by atoms with Crippen molar-refractivity contribution in [1.82, 2.24) is 0 Å². The lowest BCUT2D eigenvalue weighted by Crippen LogP contribution is -2.21. The highest BCUT2D eigenvalue weighted by atomic mass is 16.5. The Morgan fingerprint density at radius 3 is 2.57 bits per heavy atom. The van der Waals surface area contributed by atoms with Crippen molar-refractivity contribution in [3.05, 3.63) is 41.7 Å². The van der Waals surface area contributed by atoms with Crippen molar-refractivity contribution < 1.29 is 23.7 Å². The molecule has 0 unspecified atom stereocenters. The van der Waals surface area contributed by atoms with Crippen LogP contribution in [0.3, 0.4) is 0 Å². The number of cyclic esters (lactones) is 1. The normalized spacial score (nSPS) is 18.1. The molecule has 0 aromatic heterocycles. The van der Waals surface area contributed by atoms with Crippen LogP contribution >= 0.6 is 0 Å². The Morgan fingerprint density at radius 1 is 1.14 bits per heavy atom. The van der Waals surface area contributed by atoms with Crippen molar-refractivity contribution in [1.29, 1.82) is 0 Å². The van der Waals surface area contributed by atoms with Crippen molar-refractivity contribution in [2.24, 2.45) is 0 Å². The van der Waals surface area contributed by atoms with Crippen molar-refractivity contribution >= 4 is 12.0 Å². The molecule has 0 saturated carbocycles. The maximum Gasteiger partial charge on any atom is 0.334 e. The number of hydrogen-bond acceptors (Lipinski definition) is 5. The minimum Gasteiger partial charge on any atom is -0.501 e. The Kier molecular flexibility index (Phi) is 4.87. The summed E-state index contributed by atoms with van der Waals surface area (Å²) in [5, 5.41) is 0. The standard InChI is InChI=1S/C16H18O5/c1-18-13-9-12(21-16(17)10-13)6-4-11-5-7-14(19-2)15(8-11)20-3/h4-8,10,12H,9H2,1-3H3/b6-4+/t12-/m0/s1. The summed E-state index contributed by atoms with van der Waals surface area (Å²) < 4.78 is 20.7. The van der Waals surface area contributed by atoms with Crippen LogP contribution in [0.2, 0.25) is 0 Å². The Hall–Kier alpha value is -2.43. The first-order chi connectivity index (χ1) is 10.2. The van der Waals surface area contributed by atoms with Gasteiger partial charge in [-0.1, -0.05) is 12.1 Å². The number of methoxy groups -OCH3 is 3. The first-order valence-corrected chi connectivity index (χ1v) is 6.51. The van der Waals surface area contributed by atoms with E-state index in [4.69, 9.17) is 18.9 Å². The second-order valence-corrected chi connectivity index (χ2v) is 4.47. The van der Waals surface area contributed by atoms with Gasteiger partial charge in [0, 0.05) is 6.42 Å². The van der Waals surface area contributed by atoms with Gasteiger partial charge in [0.25, 0.3) is 0 Å². The Labute approximate surface area is 123 Å². The molecule has 21 heavy (non-hydrogen) atoms. The average molecular weight is 290 g/mol. The molecule has 1 atom stereocenters. The number of ether oxygens (including phenoxy) is 4. The lowest BCUT2D eigenvalue weighted by molar-refractivity contribution is -0.142. The quantitative estimate of drug-likeness (QED) is 0.780. The molecule has 5 nitrogen and oxygen atoms in total. The number of benzene rings is 1. The molecular weight excluding hydrogens is 272 g/mol. The van der Waals surface area contributed by atoms with Crippen LogP contribution in [0.4, 0.5) is 0 Å². The van der Waals surface area contributed by atoms with Crippen LogP contribution in [0.1, 0.15) is 12.0 Å². The zero-order valence-corrected chi connectivity index (χ0v) is 12.3. The van der Waals surface area contributed by atoms with Crippen molar-refractivity contribution in [2.45, 2.75) is 12.5 Å². The van der Waals surface area contributed by atoms with E-state index < -0.39 is 0 Å². The molecule has 0 bridgehead atoms. The fraction of sp³-hybridized carbons (Fsp3) is 0.312. The summed E-state index contributed by atoms with van der Waals surface area (Å²) in [5.41, 5.74) is 0.928. The molecule has 0 N–H and O–H groups in total. The van der Waals surface area contributed by atoms with Crippen LogP contribution in [0, 0.1) is 0 Å². The molecule has 112 valence electrons. The van der Waals surface area contributed by atoms with Gasteiger partial charge in [-0.3, -0.25) is 0 Å². The number of hydrogen-bond donors (Lipinski definition) is 0.